The van der Waals surface area contributed by atoms with Crippen molar-refractivity contribution in [1.82, 2.24) is 4.98 Å². The first-order valence-corrected chi connectivity index (χ1v) is 6.21. The minimum atomic E-state index is -4.47. The molecule has 21 heavy (non-hydrogen) atoms. The van der Waals surface area contributed by atoms with Crippen LogP contribution in [0.3, 0.4) is 0 Å². The SMILES string of the molecule is CC(Nc1cccc(C(F)(F)F)n1)c1cccc(C#N)c1. The van der Waals surface area contributed by atoms with Crippen molar-refractivity contribution in [1.29, 1.82) is 5.26 Å². The Morgan fingerprint density at radius 1 is 1.19 bits per heavy atom. The average molecular weight is 291 g/mol. The van der Waals surface area contributed by atoms with E-state index in [4.69, 9.17) is 5.26 Å². The molecule has 1 aromatic carbocycles. The van der Waals surface area contributed by atoms with Gasteiger partial charge in [0.1, 0.15) is 11.5 Å². The number of halogens is 3. The number of nitrogens with zero attached hydrogens (tertiary/aromatic N) is 2. The number of hydrogen-bond acceptors (Lipinski definition) is 3. The predicted molar refractivity (Wildman–Crippen MR) is 72.4 cm³/mol. The van der Waals surface area contributed by atoms with Gasteiger partial charge in [0.15, 0.2) is 0 Å². The minimum Gasteiger partial charge on any atom is -0.364 e. The number of nitrogens with one attached hydrogen (secondary N) is 1. The number of benzene rings is 1. The fraction of sp³-hybridized carbons (Fsp3) is 0.200. The van der Waals surface area contributed by atoms with Crippen molar-refractivity contribution in [3.8, 4) is 6.07 Å². The molecule has 0 saturated carbocycles. The summed E-state index contributed by atoms with van der Waals surface area (Å²) in [6.07, 6.45) is -4.47. The first-order chi connectivity index (χ1) is 9.90. The van der Waals surface area contributed by atoms with Gasteiger partial charge >= 0.3 is 6.18 Å². The van der Waals surface area contributed by atoms with Crippen LogP contribution in [-0.2, 0) is 6.18 Å². The minimum absolute atomic E-state index is 0.139. The van der Waals surface area contributed by atoms with E-state index in [0.717, 1.165) is 11.6 Å². The lowest BCUT2D eigenvalue weighted by Gasteiger charge is -2.16. The van der Waals surface area contributed by atoms with Crippen LogP contribution in [0.15, 0.2) is 42.5 Å². The van der Waals surface area contributed by atoms with E-state index in [9.17, 15) is 13.2 Å². The average Bonchev–Trinajstić information content (AvgIpc) is 2.46. The molecule has 1 unspecified atom stereocenters. The van der Waals surface area contributed by atoms with Crippen molar-refractivity contribution in [2.75, 3.05) is 5.32 Å². The van der Waals surface area contributed by atoms with E-state index in [1.807, 2.05) is 6.07 Å². The molecule has 0 aliphatic rings. The second-order valence-electron chi connectivity index (χ2n) is 4.51. The van der Waals surface area contributed by atoms with Crippen LogP contribution in [0.5, 0.6) is 0 Å². The van der Waals surface area contributed by atoms with Crippen LogP contribution in [-0.4, -0.2) is 4.98 Å². The molecule has 0 bridgehead atoms. The number of anilines is 1. The van der Waals surface area contributed by atoms with Crippen LogP contribution >= 0.6 is 0 Å². The van der Waals surface area contributed by atoms with Crippen LogP contribution in [0, 0.1) is 11.3 Å². The first kappa shape index (κ1) is 14.9. The lowest BCUT2D eigenvalue weighted by atomic mass is 10.1. The summed E-state index contributed by atoms with van der Waals surface area (Å²) in [4.78, 5) is 3.55. The Hall–Kier alpha value is -2.55. The molecule has 0 aliphatic carbocycles. The highest BCUT2D eigenvalue weighted by atomic mass is 19.4. The number of alkyl halides is 3. The van der Waals surface area contributed by atoms with E-state index in [-0.39, 0.29) is 11.9 Å². The normalized spacial score (nSPS) is 12.5. The van der Waals surface area contributed by atoms with Crippen molar-refractivity contribution >= 4 is 5.82 Å². The smallest absolute Gasteiger partial charge is 0.364 e. The molecule has 1 N–H and O–H groups in total. The van der Waals surface area contributed by atoms with Crippen LogP contribution in [0.25, 0.3) is 0 Å². The highest BCUT2D eigenvalue weighted by Gasteiger charge is 2.32. The van der Waals surface area contributed by atoms with Gasteiger partial charge in [-0.1, -0.05) is 18.2 Å². The lowest BCUT2D eigenvalue weighted by molar-refractivity contribution is -0.141. The number of pyridine rings is 1. The van der Waals surface area contributed by atoms with Crippen LogP contribution in [0.1, 0.15) is 29.8 Å². The zero-order valence-corrected chi connectivity index (χ0v) is 11.1. The van der Waals surface area contributed by atoms with Gasteiger partial charge in [-0.15, -0.1) is 0 Å². The van der Waals surface area contributed by atoms with Crippen molar-refractivity contribution in [3.63, 3.8) is 0 Å². The van der Waals surface area contributed by atoms with Gasteiger partial charge in [0, 0.05) is 6.04 Å². The molecule has 0 aliphatic heterocycles. The van der Waals surface area contributed by atoms with Crippen LogP contribution in [0.4, 0.5) is 19.0 Å². The molecule has 0 amide bonds. The summed E-state index contributed by atoms with van der Waals surface area (Å²) in [7, 11) is 0. The molecule has 0 saturated heterocycles. The fourth-order valence-corrected chi connectivity index (χ4v) is 1.86. The summed E-state index contributed by atoms with van der Waals surface area (Å²) in [5.41, 5.74) is 0.358. The molecule has 1 atom stereocenters. The third-order valence-electron chi connectivity index (χ3n) is 2.92. The van der Waals surface area contributed by atoms with E-state index in [1.165, 1.54) is 12.1 Å². The highest BCUT2D eigenvalue weighted by Crippen LogP contribution is 2.29. The third kappa shape index (κ3) is 3.72. The predicted octanol–water partition coefficient (Wildman–Crippen LogP) is 4.15. The topological polar surface area (TPSA) is 48.7 Å². The summed E-state index contributed by atoms with van der Waals surface area (Å²) in [5, 5.41) is 11.8. The largest absolute Gasteiger partial charge is 0.433 e. The molecular formula is C15H12F3N3. The highest BCUT2D eigenvalue weighted by molar-refractivity contribution is 5.41. The number of hydrogen-bond donors (Lipinski definition) is 1. The maximum absolute atomic E-state index is 12.6. The Morgan fingerprint density at radius 2 is 1.90 bits per heavy atom. The van der Waals surface area contributed by atoms with Gasteiger partial charge in [0.2, 0.25) is 0 Å². The summed E-state index contributed by atoms with van der Waals surface area (Å²) in [5.74, 6) is 0.139. The molecular weight excluding hydrogens is 279 g/mol. The fourth-order valence-electron chi connectivity index (χ4n) is 1.86. The Labute approximate surface area is 120 Å². The summed E-state index contributed by atoms with van der Waals surface area (Å²) < 4.78 is 37.8. The molecule has 6 heteroatoms. The molecule has 3 nitrogen and oxygen atoms in total. The quantitative estimate of drug-likeness (QED) is 0.924. The van der Waals surface area contributed by atoms with Gasteiger partial charge < -0.3 is 5.32 Å². The zero-order valence-electron chi connectivity index (χ0n) is 11.1. The Bertz CT molecular complexity index is 674. The molecule has 0 spiro atoms. The van der Waals surface area contributed by atoms with Gasteiger partial charge in [0.25, 0.3) is 0 Å². The number of aromatic nitrogens is 1. The third-order valence-corrected chi connectivity index (χ3v) is 2.92. The number of nitriles is 1. The molecule has 1 heterocycles. The van der Waals surface area contributed by atoms with E-state index in [2.05, 4.69) is 10.3 Å². The van der Waals surface area contributed by atoms with Crippen molar-refractivity contribution in [2.24, 2.45) is 0 Å². The van der Waals surface area contributed by atoms with Crippen molar-refractivity contribution in [2.45, 2.75) is 19.1 Å². The van der Waals surface area contributed by atoms with Crippen LogP contribution < -0.4 is 5.32 Å². The maximum Gasteiger partial charge on any atom is 0.433 e. The van der Waals surface area contributed by atoms with Gasteiger partial charge in [-0.25, -0.2) is 4.98 Å². The standard InChI is InChI=1S/C15H12F3N3/c1-10(12-5-2-4-11(8-12)9-19)20-14-7-3-6-13(21-14)15(16,17)18/h2-8,10H,1H3,(H,20,21). The van der Waals surface area contributed by atoms with Gasteiger partial charge in [0.05, 0.1) is 11.6 Å². The van der Waals surface area contributed by atoms with E-state index < -0.39 is 11.9 Å². The first-order valence-electron chi connectivity index (χ1n) is 6.21. The number of rotatable bonds is 3. The van der Waals surface area contributed by atoms with Gasteiger partial charge in [-0.3, -0.25) is 0 Å². The molecule has 108 valence electrons. The zero-order chi connectivity index (χ0) is 15.5. The molecule has 2 rings (SSSR count). The van der Waals surface area contributed by atoms with Crippen molar-refractivity contribution in [3.05, 3.63) is 59.3 Å². The Kier molecular flexibility index (Phi) is 4.13. The van der Waals surface area contributed by atoms with Gasteiger partial charge in [-0.05, 0) is 36.8 Å². The lowest BCUT2D eigenvalue weighted by Crippen LogP contribution is -2.12. The monoisotopic (exact) mass is 291 g/mol. The molecule has 1 aromatic heterocycles. The summed E-state index contributed by atoms with van der Waals surface area (Å²) in [6.45, 7) is 1.79. The molecule has 0 fully saturated rings. The summed E-state index contributed by atoms with van der Waals surface area (Å²) >= 11 is 0. The second kappa shape index (κ2) is 5.83. The van der Waals surface area contributed by atoms with E-state index >= 15 is 0 Å². The Morgan fingerprint density at radius 3 is 2.57 bits per heavy atom. The van der Waals surface area contributed by atoms with E-state index in [0.29, 0.717) is 5.56 Å². The maximum atomic E-state index is 12.6. The molecule has 2 aromatic rings. The molecule has 0 radical (unpaired) electrons. The van der Waals surface area contributed by atoms with Crippen molar-refractivity contribution < 1.29 is 13.2 Å². The van der Waals surface area contributed by atoms with E-state index in [1.54, 1.807) is 31.2 Å². The second-order valence-corrected chi connectivity index (χ2v) is 4.51. The Balaban J connectivity index is 2.20. The van der Waals surface area contributed by atoms with Gasteiger partial charge in [-0.2, -0.15) is 18.4 Å². The van der Waals surface area contributed by atoms with Crippen LogP contribution in [0.2, 0.25) is 0 Å². The summed E-state index contributed by atoms with van der Waals surface area (Å²) in [6, 6.07) is 12.3.